The standard InChI is InChI=1S/C28H25NO/c1-30-21-16-14-19(15-17-21)25-18-27(20-8-3-2-4-9-20)29-26-13-6-5-10-22(26)23-11-7-12-24(25)28(23)29/h2-6,8-10,13-18,24-25H,7,11-12H2,1H3/t24-,25-/m1/s1. The second-order valence-electron chi connectivity index (χ2n) is 8.43. The second kappa shape index (κ2) is 6.91. The number of hydrogen-bond donors (Lipinski definition) is 0. The first-order chi connectivity index (χ1) is 14.8. The zero-order valence-corrected chi connectivity index (χ0v) is 17.2. The molecule has 148 valence electrons. The predicted octanol–water partition coefficient (Wildman–Crippen LogP) is 6.76. The number of fused-ring (bicyclic) bond motifs is 3. The minimum absolute atomic E-state index is 0.377. The lowest BCUT2D eigenvalue weighted by atomic mass is 9.73. The van der Waals surface area contributed by atoms with Gasteiger partial charge in [-0.05, 0) is 54.2 Å². The summed E-state index contributed by atoms with van der Waals surface area (Å²) in [5.41, 5.74) is 8.40. The topological polar surface area (TPSA) is 14.2 Å². The Balaban J connectivity index is 1.63. The third-order valence-corrected chi connectivity index (χ3v) is 6.90. The molecule has 2 heterocycles. The molecule has 0 unspecified atom stereocenters. The fourth-order valence-corrected chi connectivity index (χ4v) is 5.57. The molecule has 0 N–H and O–H groups in total. The third kappa shape index (κ3) is 2.56. The molecule has 0 saturated carbocycles. The Morgan fingerprint density at radius 2 is 1.63 bits per heavy atom. The quantitative estimate of drug-likeness (QED) is 0.376. The monoisotopic (exact) mass is 391 g/mol. The van der Waals surface area contributed by atoms with Crippen LogP contribution in [0.3, 0.4) is 0 Å². The molecule has 6 rings (SSSR count). The summed E-state index contributed by atoms with van der Waals surface area (Å²) in [5, 5.41) is 1.43. The number of benzene rings is 3. The van der Waals surface area contributed by atoms with Crippen LogP contribution in [0.5, 0.6) is 5.75 Å². The van der Waals surface area contributed by atoms with Gasteiger partial charge < -0.3 is 9.30 Å². The molecule has 2 nitrogen and oxygen atoms in total. The fraction of sp³-hybridized carbons (Fsp3) is 0.214. The highest BCUT2D eigenvalue weighted by molar-refractivity contribution is 5.92. The van der Waals surface area contributed by atoms with Crippen LogP contribution in [0.2, 0.25) is 0 Å². The first-order valence-corrected chi connectivity index (χ1v) is 10.9. The molecule has 2 aliphatic rings. The summed E-state index contributed by atoms with van der Waals surface area (Å²) in [6.45, 7) is 0. The summed E-state index contributed by atoms with van der Waals surface area (Å²) in [6.07, 6.45) is 6.18. The van der Waals surface area contributed by atoms with Gasteiger partial charge in [0.15, 0.2) is 0 Å². The zero-order valence-electron chi connectivity index (χ0n) is 17.2. The van der Waals surface area contributed by atoms with E-state index in [1.807, 2.05) is 0 Å². The summed E-state index contributed by atoms with van der Waals surface area (Å²) >= 11 is 0. The van der Waals surface area contributed by atoms with E-state index in [1.165, 1.54) is 52.7 Å². The molecule has 0 amide bonds. The molecule has 1 aromatic heterocycles. The molecular weight excluding hydrogens is 366 g/mol. The minimum atomic E-state index is 0.377. The Kier molecular flexibility index (Phi) is 4.05. The van der Waals surface area contributed by atoms with Crippen molar-refractivity contribution in [3.05, 3.63) is 107 Å². The molecule has 0 radical (unpaired) electrons. The lowest BCUT2D eigenvalue weighted by Gasteiger charge is -2.36. The van der Waals surface area contributed by atoms with Crippen LogP contribution in [-0.4, -0.2) is 11.7 Å². The highest BCUT2D eigenvalue weighted by atomic mass is 16.5. The van der Waals surface area contributed by atoms with Crippen molar-refractivity contribution in [1.82, 2.24) is 4.57 Å². The average molecular weight is 392 g/mol. The SMILES string of the molecule is COc1ccc([C@H]2C=C(c3ccccc3)n3c4c(c5ccccc53)CCC[C@@H]42)cc1. The number of allylic oxidation sites excluding steroid dienone is 1. The summed E-state index contributed by atoms with van der Waals surface area (Å²) in [4.78, 5) is 0. The summed E-state index contributed by atoms with van der Waals surface area (Å²) < 4.78 is 7.97. The maximum atomic E-state index is 5.41. The molecule has 1 aliphatic heterocycles. The van der Waals surface area contributed by atoms with E-state index >= 15 is 0 Å². The van der Waals surface area contributed by atoms with E-state index in [1.54, 1.807) is 12.7 Å². The highest BCUT2D eigenvalue weighted by Gasteiger charge is 2.37. The van der Waals surface area contributed by atoms with Gasteiger partial charge in [0.2, 0.25) is 0 Å². The van der Waals surface area contributed by atoms with Gasteiger partial charge in [0.1, 0.15) is 5.75 Å². The maximum Gasteiger partial charge on any atom is 0.118 e. The van der Waals surface area contributed by atoms with Gasteiger partial charge in [0.05, 0.1) is 12.6 Å². The third-order valence-electron chi connectivity index (χ3n) is 6.90. The van der Waals surface area contributed by atoms with E-state index < -0.39 is 0 Å². The molecular formula is C28H25NO. The van der Waals surface area contributed by atoms with Crippen molar-refractivity contribution < 1.29 is 4.74 Å². The normalized spacial score (nSPS) is 20.0. The van der Waals surface area contributed by atoms with Crippen LogP contribution in [0.15, 0.2) is 84.9 Å². The molecule has 4 aromatic rings. The lowest BCUT2D eigenvalue weighted by molar-refractivity contribution is 0.414. The van der Waals surface area contributed by atoms with Crippen molar-refractivity contribution >= 4 is 16.6 Å². The molecule has 30 heavy (non-hydrogen) atoms. The van der Waals surface area contributed by atoms with Crippen LogP contribution in [0.25, 0.3) is 16.6 Å². The van der Waals surface area contributed by atoms with Gasteiger partial charge in [-0.2, -0.15) is 0 Å². The van der Waals surface area contributed by atoms with E-state index in [-0.39, 0.29) is 0 Å². The predicted molar refractivity (Wildman–Crippen MR) is 123 cm³/mol. The van der Waals surface area contributed by atoms with Gasteiger partial charge >= 0.3 is 0 Å². The van der Waals surface area contributed by atoms with Crippen molar-refractivity contribution in [3.63, 3.8) is 0 Å². The van der Waals surface area contributed by atoms with Crippen molar-refractivity contribution in [2.45, 2.75) is 31.1 Å². The number of aryl methyl sites for hydroxylation is 1. The Labute approximate surface area is 177 Å². The molecule has 0 saturated heterocycles. The van der Waals surface area contributed by atoms with Crippen LogP contribution < -0.4 is 4.74 Å². The smallest absolute Gasteiger partial charge is 0.118 e. The molecule has 1 aliphatic carbocycles. The van der Waals surface area contributed by atoms with Gasteiger partial charge in [-0.1, -0.05) is 66.7 Å². The summed E-state index contributed by atoms with van der Waals surface area (Å²) in [5.74, 6) is 1.81. The highest BCUT2D eigenvalue weighted by Crippen LogP contribution is 2.51. The number of nitrogens with zero attached hydrogens (tertiary/aromatic N) is 1. The Morgan fingerprint density at radius 3 is 2.43 bits per heavy atom. The maximum absolute atomic E-state index is 5.41. The number of ether oxygens (including phenoxy) is 1. The van der Waals surface area contributed by atoms with Gasteiger partial charge in [-0.3, -0.25) is 0 Å². The van der Waals surface area contributed by atoms with E-state index in [9.17, 15) is 0 Å². The molecule has 3 aromatic carbocycles. The van der Waals surface area contributed by atoms with Crippen molar-refractivity contribution in [3.8, 4) is 5.75 Å². The average Bonchev–Trinajstić information content (AvgIpc) is 3.16. The first kappa shape index (κ1) is 17.6. The molecule has 0 fully saturated rings. The Morgan fingerprint density at radius 1 is 0.867 bits per heavy atom. The Hall–Kier alpha value is -3.26. The first-order valence-electron chi connectivity index (χ1n) is 10.9. The van der Waals surface area contributed by atoms with Gasteiger partial charge in [-0.25, -0.2) is 0 Å². The van der Waals surface area contributed by atoms with Gasteiger partial charge in [0, 0.05) is 28.6 Å². The molecule has 2 atom stereocenters. The van der Waals surface area contributed by atoms with Crippen LogP contribution in [0.1, 0.15) is 47.1 Å². The van der Waals surface area contributed by atoms with Gasteiger partial charge in [-0.15, -0.1) is 0 Å². The van der Waals surface area contributed by atoms with E-state index in [2.05, 4.69) is 89.5 Å². The van der Waals surface area contributed by atoms with Crippen LogP contribution in [0, 0.1) is 0 Å². The van der Waals surface area contributed by atoms with Crippen LogP contribution in [0.4, 0.5) is 0 Å². The van der Waals surface area contributed by atoms with Crippen molar-refractivity contribution in [1.29, 1.82) is 0 Å². The van der Waals surface area contributed by atoms with E-state index in [0.29, 0.717) is 11.8 Å². The second-order valence-corrected chi connectivity index (χ2v) is 8.43. The number of hydrogen-bond acceptors (Lipinski definition) is 1. The number of methoxy groups -OCH3 is 1. The van der Waals surface area contributed by atoms with Crippen molar-refractivity contribution in [2.24, 2.45) is 0 Å². The van der Waals surface area contributed by atoms with Gasteiger partial charge in [0.25, 0.3) is 0 Å². The van der Waals surface area contributed by atoms with E-state index in [4.69, 9.17) is 4.74 Å². The Bertz CT molecular complexity index is 1250. The minimum Gasteiger partial charge on any atom is -0.497 e. The zero-order chi connectivity index (χ0) is 20.1. The largest absolute Gasteiger partial charge is 0.497 e. The van der Waals surface area contributed by atoms with Crippen LogP contribution in [-0.2, 0) is 6.42 Å². The summed E-state index contributed by atoms with van der Waals surface area (Å²) in [6, 6.07) is 28.5. The molecule has 0 bridgehead atoms. The van der Waals surface area contributed by atoms with E-state index in [0.717, 1.165) is 5.75 Å². The number of aromatic nitrogens is 1. The number of para-hydroxylation sites is 1. The fourth-order valence-electron chi connectivity index (χ4n) is 5.57. The summed E-state index contributed by atoms with van der Waals surface area (Å²) in [7, 11) is 1.73. The number of rotatable bonds is 3. The molecule has 2 heteroatoms. The van der Waals surface area contributed by atoms with Crippen molar-refractivity contribution in [2.75, 3.05) is 7.11 Å². The van der Waals surface area contributed by atoms with Crippen LogP contribution >= 0.6 is 0 Å². The molecule has 0 spiro atoms. The lowest BCUT2D eigenvalue weighted by Crippen LogP contribution is -2.24.